The summed E-state index contributed by atoms with van der Waals surface area (Å²) in [6.45, 7) is 2.89. The number of alkyl halides is 3. The van der Waals surface area contributed by atoms with Crippen LogP contribution in [0.3, 0.4) is 0 Å². The first-order valence-corrected chi connectivity index (χ1v) is 10.3. The Morgan fingerprint density at radius 1 is 1.25 bits per heavy atom. The molecule has 15 heteroatoms. The Morgan fingerprint density at radius 3 is 2.56 bits per heavy atom. The molecule has 0 unspecified atom stereocenters. The van der Waals surface area contributed by atoms with Crippen molar-refractivity contribution < 1.29 is 36.7 Å². The first-order valence-electron chi connectivity index (χ1n) is 10.3. The molecule has 0 atom stereocenters. The van der Waals surface area contributed by atoms with E-state index >= 15 is 0 Å². The zero-order valence-corrected chi connectivity index (χ0v) is 19.6. The third-order valence-corrected chi connectivity index (χ3v) is 4.27. The number of hydrogen-bond acceptors (Lipinski definition) is 8. The molecule has 3 rings (SSSR count). The van der Waals surface area contributed by atoms with E-state index in [4.69, 9.17) is 14.9 Å². The number of halogens is 3. The maximum absolute atomic E-state index is 13.2. The van der Waals surface area contributed by atoms with Gasteiger partial charge in [0.1, 0.15) is 24.2 Å². The lowest BCUT2D eigenvalue weighted by Crippen LogP contribution is -2.42. The van der Waals surface area contributed by atoms with Crippen LogP contribution in [0, 0.1) is 0 Å². The van der Waals surface area contributed by atoms with Crippen LogP contribution < -0.4 is 16.0 Å². The van der Waals surface area contributed by atoms with E-state index in [9.17, 15) is 27.6 Å². The number of carbonyl (C=O) groups is 3. The monoisotopic (exact) mass is 509 g/mol. The Hall–Kier alpha value is -4.43. The molecule has 192 valence electrons. The summed E-state index contributed by atoms with van der Waals surface area (Å²) in [5.74, 6) is -2.13. The maximum Gasteiger partial charge on any atom is 0.416 e. The minimum Gasteiger partial charge on any atom is -0.444 e. The first-order chi connectivity index (χ1) is 16.6. The molecule has 0 fully saturated rings. The van der Waals surface area contributed by atoms with E-state index in [2.05, 4.69) is 20.4 Å². The van der Waals surface area contributed by atoms with Crippen molar-refractivity contribution in [2.24, 2.45) is 12.8 Å². The molecule has 3 heterocycles. The van der Waals surface area contributed by atoms with Gasteiger partial charge in [0.25, 0.3) is 11.8 Å². The van der Waals surface area contributed by atoms with Gasteiger partial charge >= 0.3 is 12.3 Å². The molecular formula is C21H22F3N7O5. The first kappa shape index (κ1) is 26.2. The second-order valence-electron chi connectivity index (χ2n) is 8.51. The summed E-state index contributed by atoms with van der Waals surface area (Å²) < 4.78 is 51.2. The zero-order valence-electron chi connectivity index (χ0n) is 19.6. The lowest BCUT2D eigenvalue weighted by Gasteiger charge is -2.27. The van der Waals surface area contributed by atoms with E-state index in [-0.39, 0.29) is 34.3 Å². The summed E-state index contributed by atoms with van der Waals surface area (Å²) in [5, 5.41) is 6.28. The van der Waals surface area contributed by atoms with E-state index in [0.717, 1.165) is 18.5 Å². The Balaban J connectivity index is 1.87. The number of nitrogens with one attached hydrogen (secondary N) is 1. The number of aromatic nitrogens is 4. The number of hydrogen-bond donors (Lipinski definition) is 2. The van der Waals surface area contributed by atoms with Gasteiger partial charge in [-0.05, 0) is 32.9 Å². The van der Waals surface area contributed by atoms with Gasteiger partial charge < -0.3 is 20.2 Å². The van der Waals surface area contributed by atoms with Crippen LogP contribution in [0.1, 0.15) is 41.7 Å². The minimum absolute atomic E-state index is 0.0471. The summed E-state index contributed by atoms with van der Waals surface area (Å²) >= 11 is 0. The highest BCUT2D eigenvalue weighted by Gasteiger charge is 2.36. The van der Waals surface area contributed by atoms with Crippen molar-refractivity contribution in [3.63, 3.8) is 0 Å². The highest BCUT2D eigenvalue weighted by Crippen LogP contribution is 2.27. The molecule has 3 aromatic rings. The fourth-order valence-electron chi connectivity index (χ4n) is 2.89. The van der Waals surface area contributed by atoms with Crippen LogP contribution in [0.25, 0.3) is 11.5 Å². The topological polar surface area (TPSA) is 158 Å². The molecule has 12 nitrogen and oxygen atoms in total. The Kier molecular flexibility index (Phi) is 7.03. The molecule has 36 heavy (non-hydrogen) atoms. The number of nitrogens with zero attached hydrogens (tertiary/aromatic N) is 5. The second kappa shape index (κ2) is 9.67. The summed E-state index contributed by atoms with van der Waals surface area (Å²) in [6, 6.07) is 2.50. The molecule has 3 amide bonds. The molecule has 0 saturated carbocycles. The highest BCUT2D eigenvalue weighted by molar-refractivity contribution is 6.07. The van der Waals surface area contributed by atoms with Crippen molar-refractivity contribution in [1.29, 1.82) is 0 Å². The Morgan fingerprint density at radius 2 is 1.94 bits per heavy atom. The van der Waals surface area contributed by atoms with Crippen LogP contribution in [0.15, 0.2) is 35.2 Å². The van der Waals surface area contributed by atoms with E-state index in [1.54, 1.807) is 0 Å². The third-order valence-electron chi connectivity index (χ3n) is 4.27. The largest absolute Gasteiger partial charge is 0.444 e. The van der Waals surface area contributed by atoms with Gasteiger partial charge in [-0.2, -0.15) is 18.3 Å². The number of carbonyl (C=O) groups excluding carboxylic acids is 3. The maximum atomic E-state index is 13.2. The third kappa shape index (κ3) is 6.58. The van der Waals surface area contributed by atoms with Crippen LogP contribution in [0.5, 0.6) is 0 Å². The highest BCUT2D eigenvalue weighted by atomic mass is 19.4. The summed E-state index contributed by atoms with van der Waals surface area (Å²) in [7, 11) is 1.52. The molecule has 0 bridgehead atoms. The number of amides is 3. The summed E-state index contributed by atoms with van der Waals surface area (Å²) in [5.41, 5.74) is 4.00. The molecule has 3 N–H and O–H groups in total. The van der Waals surface area contributed by atoms with Crippen LogP contribution in [0.4, 0.5) is 29.5 Å². The number of pyridine rings is 1. The predicted molar refractivity (Wildman–Crippen MR) is 119 cm³/mol. The van der Waals surface area contributed by atoms with Gasteiger partial charge in [0.15, 0.2) is 11.4 Å². The molecule has 0 saturated heterocycles. The van der Waals surface area contributed by atoms with Crippen molar-refractivity contribution in [1.82, 2.24) is 19.7 Å². The summed E-state index contributed by atoms with van der Waals surface area (Å²) in [4.78, 5) is 44.7. The average Bonchev–Trinajstić information content (AvgIpc) is 3.37. The number of rotatable bonds is 6. The Labute approximate surface area is 202 Å². The number of aryl methyl sites for hydroxylation is 1. The van der Waals surface area contributed by atoms with Gasteiger partial charge in [0.2, 0.25) is 5.89 Å². The Bertz CT molecular complexity index is 1290. The lowest BCUT2D eigenvalue weighted by molar-refractivity contribution is -0.119. The molecule has 0 aliphatic heterocycles. The SMILES string of the molecule is Cn1cc(NC(=O)c2coc(-c3ccnc(N(CC(F)(F)F)C(=O)OC(C)(C)C)c3)n2)c(C(N)=O)n1. The number of nitrogens with two attached hydrogens (primary N) is 1. The van der Waals surface area contributed by atoms with Gasteiger partial charge in [0, 0.05) is 25.0 Å². The fourth-order valence-corrected chi connectivity index (χ4v) is 2.89. The minimum atomic E-state index is -4.74. The van der Waals surface area contributed by atoms with Crippen molar-refractivity contribution in [3.8, 4) is 11.5 Å². The number of anilines is 2. The van der Waals surface area contributed by atoms with Gasteiger partial charge in [-0.3, -0.25) is 19.2 Å². The molecule has 0 aliphatic carbocycles. The number of oxazole rings is 1. The molecular weight excluding hydrogens is 487 g/mol. The number of primary amides is 1. The second-order valence-corrected chi connectivity index (χ2v) is 8.51. The van der Waals surface area contributed by atoms with Crippen LogP contribution >= 0.6 is 0 Å². The standard InChI is InChI=1S/C21H22F3N7O5/c1-20(2,3)36-19(34)31(10-21(22,23)24)14-7-11(5-6-26-14)18-28-13(9-35-18)17(33)27-12-8-30(4)29-15(12)16(25)32/h5-9H,10H2,1-4H3,(H2,25,32)(H,27,33). The average molecular weight is 509 g/mol. The van der Waals surface area contributed by atoms with Crippen LogP contribution in [-0.4, -0.2) is 56.0 Å². The predicted octanol–water partition coefficient (Wildman–Crippen LogP) is 3.13. The fraction of sp³-hybridized carbons (Fsp3) is 0.333. The molecule has 0 aliphatic rings. The van der Waals surface area contributed by atoms with Crippen molar-refractivity contribution in [2.45, 2.75) is 32.5 Å². The quantitative estimate of drug-likeness (QED) is 0.513. The molecule has 0 aromatic carbocycles. The van der Waals surface area contributed by atoms with Crippen molar-refractivity contribution in [3.05, 3.63) is 42.2 Å². The molecule has 3 aromatic heterocycles. The van der Waals surface area contributed by atoms with E-state index in [0.29, 0.717) is 4.90 Å². The normalized spacial score (nSPS) is 11.8. The summed E-state index contributed by atoms with van der Waals surface area (Å²) in [6.07, 6.45) is -2.47. The van der Waals surface area contributed by atoms with Gasteiger partial charge in [0.05, 0.1) is 5.69 Å². The van der Waals surface area contributed by atoms with E-state index in [1.165, 1.54) is 44.8 Å². The van der Waals surface area contributed by atoms with Crippen molar-refractivity contribution >= 4 is 29.4 Å². The molecule has 0 spiro atoms. The van der Waals surface area contributed by atoms with Crippen LogP contribution in [0.2, 0.25) is 0 Å². The van der Waals surface area contributed by atoms with Gasteiger partial charge in [-0.15, -0.1) is 0 Å². The van der Waals surface area contributed by atoms with Gasteiger partial charge in [-0.1, -0.05) is 0 Å². The molecule has 0 radical (unpaired) electrons. The zero-order chi connectivity index (χ0) is 26.8. The van der Waals surface area contributed by atoms with Gasteiger partial charge in [-0.25, -0.2) is 14.8 Å². The van der Waals surface area contributed by atoms with Crippen molar-refractivity contribution in [2.75, 3.05) is 16.8 Å². The number of ether oxygens (including phenoxy) is 1. The smallest absolute Gasteiger partial charge is 0.416 e. The van der Waals surface area contributed by atoms with Crippen LogP contribution in [-0.2, 0) is 11.8 Å². The van der Waals surface area contributed by atoms with E-state index < -0.39 is 36.2 Å². The van der Waals surface area contributed by atoms with E-state index in [1.807, 2.05) is 0 Å². The lowest BCUT2D eigenvalue weighted by atomic mass is 10.2.